The lowest BCUT2D eigenvalue weighted by molar-refractivity contribution is -0.159. The van der Waals surface area contributed by atoms with Crippen molar-refractivity contribution in [3.63, 3.8) is 0 Å². The Morgan fingerprint density at radius 3 is 2.52 bits per heavy atom. The van der Waals surface area contributed by atoms with Gasteiger partial charge < -0.3 is 8.92 Å². The van der Waals surface area contributed by atoms with E-state index in [0.717, 1.165) is 11.1 Å². The molecule has 0 radical (unpaired) electrons. The minimum absolute atomic E-state index is 0.151. The maximum absolute atomic E-state index is 12.8. The molecule has 0 saturated carbocycles. The Kier molecular flexibility index (Phi) is 5.29. The van der Waals surface area contributed by atoms with E-state index in [1.54, 1.807) is 35.2 Å². The number of aromatic nitrogens is 4. The van der Waals surface area contributed by atoms with E-state index in [4.69, 9.17) is 0 Å². The van der Waals surface area contributed by atoms with Crippen molar-refractivity contribution in [2.45, 2.75) is 25.4 Å². The Morgan fingerprint density at radius 1 is 1.10 bits per heavy atom. The van der Waals surface area contributed by atoms with E-state index >= 15 is 0 Å². The predicted octanol–water partition coefficient (Wildman–Crippen LogP) is 4.51. The molecule has 7 nitrogen and oxygen atoms in total. The molecule has 0 bridgehead atoms. The van der Waals surface area contributed by atoms with Crippen LogP contribution in [0.15, 0.2) is 57.7 Å². The average molecular weight is 449 g/mol. The van der Waals surface area contributed by atoms with E-state index < -0.39 is 21.8 Å². The van der Waals surface area contributed by atoms with E-state index in [-0.39, 0.29) is 12.4 Å². The molecule has 0 aliphatic carbocycles. The monoisotopic (exact) mass is 449 g/mol. The largest absolute Gasteiger partial charge is 0.471 e. The Hall–Kier alpha value is -3.21. The second kappa shape index (κ2) is 7.80. The first-order valence-electron chi connectivity index (χ1n) is 9.19. The van der Waals surface area contributed by atoms with Gasteiger partial charge >= 0.3 is 12.1 Å². The Bertz CT molecular complexity index is 1350. The van der Waals surface area contributed by atoms with E-state index in [9.17, 15) is 17.4 Å². The summed E-state index contributed by atoms with van der Waals surface area (Å²) in [5.74, 6) is -1.24. The normalized spacial score (nSPS) is 14.0. The molecule has 0 amide bonds. The van der Waals surface area contributed by atoms with Gasteiger partial charge in [0.15, 0.2) is 0 Å². The van der Waals surface area contributed by atoms with Gasteiger partial charge in [-0.1, -0.05) is 35.0 Å². The molecule has 3 aromatic heterocycles. The zero-order valence-corrected chi connectivity index (χ0v) is 17.4. The third-order valence-corrected chi connectivity index (χ3v) is 6.03. The van der Waals surface area contributed by atoms with Crippen LogP contribution in [0.4, 0.5) is 13.2 Å². The van der Waals surface area contributed by atoms with Crippen LogP contribution in [0, 0.1) is 6.92 Å². The molecule has 0 saturated heterocycles. The molecular weight excluding hydrogens is 431 g/mol. The van der Waals surface area contributed by atoms with Crippen molar-refractivity contribution in [3.8, 4) is 11.4 Å². The average Bonchev–Trinajstić information content (AvgIpc) is 3.34. The van der Waals surface area contributed by atoms with Crippen LogP contribution < -0.4 is 0 Å². The second-order valence-corrected chi connectivity index (χ2v) is 9.68. The number of alkyl halides is 3. The van der Waals surface area contributed by atoms with Crippen molar-refractivity contribution >= 4 is 15.4 Å². The van der Waals surface area contributed by atoms with Crippen molar-refractivity contribution in [1.82, 2.24) is 19.5 Å². The van der Waals surface area contributed by atoms with Crippen LogP contribution in [0.25, 0.3) is 17.0 Å². The standard InChI is InChI=1S/C20H18F3N5O2S/c1-13-3-5-14(6-4-13)12-31(2,29)24-9-16-11-28-10-15(7-8-17(28)25-16)18-26-19(30-27-18)20(21,22)23/h3-8,10-11H,9,12H2,1-2H3. The van der Waals surface area contributed by atoms with Gasteiger partial charge in [-0.3, -0.25) is 0 Å². The number of imidazole rings is 1. The maximum Gasteiger partial charge on any atom is 0.471 e. The zero-order chi connectivity index (χ0) is 22.2. The lowest BCUT2D eigenvalue weighted by Crippen LogP contribution is -2.04. The number of fused-ring (bicyclic) bond motifs is 1. The van der Waals surface area contributed by atoms with Gasteiger partial charge in [0.05, 0.1) is 18.0 Å². The fourth-order valence-electron chi connectivity index (χ4n) is 2.95. The van der Waals surface area contributed by atoms with Gasteiger partial charge in [-0.05, 0) is 24.6 Å². The Balaban J connectivity index is 1.54. The fourth-order valence-corrected chi connectivity index (χ4v) is 4.26. The molecule has 0 aliphatic heterocycles. The van der Waals surface area contributed by atoms with Crippen LogP contribution >= 0.6 is 0 Å². The smallest absolute Gasteiger partial charge is 0.329 e. The minimum Gasteiger partial charge on any atom is -0.329 e. The zero-order valence-electron chi connectivity index (χ0n) is 16.6. The van der Waals surface area contributed by atoms with Gasteiger partial charge in [0.25, 0.3) is 0 Å². The molecule has 0 N–H and O–H groups in total. The number of halogens is 3. The van der Waals surface area contributed by atoms with E-state index in [1.165, 1.54) is 0 Å². The third kappa shape index (κ3) is 4.93. The van der Waals surface area contributed by atoms with Gasteiger partial charge in [0.1, 0.15) is 5.65 Å². The number of hydrogen-bond donors (Lipinski definition) is 0. The summed E-state index contributed by atoms with van der Waals surface area (Å²) in [6, 6.07) is 11.0. The fraction of sp³-hybridized carbons (Fsp3) is 0.250. The summed E-state index contributed by atoms with van der Waals surface area (Å²) in [7, 11) is -2.46. The first-order valence-corrected chi connectivity index (χ1v) is 11.3. The van der Waals surface area contributed by atoms with E-state index in [1.807, 2.05) is 31.2 Å². The van der Waals surface area contributed by atoms with Crippen LogP contribution in [-0.2, 0) is 28.2 Å². The summed E-state index contributed by atoms with van der Waals surface area (Å²) in [4.78, 5) is 7.80. The third-order valence-electron chi connectivity index (χ3n) is 4.48. The summed E-state index contributed by atoms with van der Waals surface area (Å²) in [5.41, 5.74) is 3.56. The van der Waals surface area contributed by atoms with Gasteiger partial charge in [-0.2, -0.15) is 18.2 Å². The first-order chi connectivity index (χ1) is 14.6. The van der Waals surface area contributed by atoms with Crippen LogP contribution in [0.5, 0.6) is 0 Å². The van der Waals surface area contributed by atoms with Crippen molar-refractivity contribution in [2.24, 2.45) is 4.36 Å². The van der Waals surface area contributed by atoms with Crippen molar-refractivity contribution in [3.05, 3.63) is 71.5 Å². The molecule has 3 heterocycles. The van der Waals surface area contributed by atoms with Crippen molar-refractivity contribution < 1.29 is 21.9 Å². The number of pyridine rings is 1. The summed E-state index contributed by atoms with van der Waals surface area (Å²) in [5, 5.41) is 3.38. The number of nitrogens with zero attached hydrogens (tertiary/aromatic N) is 5. The highest BCUT2D eigenvalue weighted by Gasteiger charge is 2.38. The molecule has 162 valence electrons. The topological polar surface area (TPSA) is 85.7 Å². The van der Waals surface area contributed by atoms with Gasteiger partial charge in [-0.15, -0.1) is 0 Å². The van der Waals surface area contributed by atoms with Gasteiger partial charge in [-0.25, -0.2) is 13.6 Å². The molecule has 0 spiro atoms. The van der Waals surface area contributed by atoms with Gasteiger partial charge in [0, 0.05) is 33.9 Å². The Morgan fingerprint density at radius 2 is 1.84 bits per heavy atom. The maximum atomic E-state index is 12.8. The number of rotatable bonds is 5. The molecule has 1 aromatic carbocycles. The SMILES string of the molecule is Cc1ccc(CS(C)(=O)=NCc2cn3cc(-c4noc(C(F)(F)F)n4)ccc3n2)cc1. The quantitative estimate of drug-likeness (QED) is 0.448. The van der Waals surface area contributed by atoms with Crippen LogP contribution in [0.2, 0.25) is 0 Å². The Labute approximate surface area is 176 Å². The highest BCUT2D eigenvalue weighted by molar-refractivity contribution is 7.92. The van der Waals surface area contributed by atoms with E-state index in [2.05, 4.69) is 24.0 Å². The van der Waals surface area contributed by atoms with Crippen molar-refractivity contribution in [1.29, 1.82) is 0 Å². The molecule has 1 atom stereocenters. The highest BCUT2D eigenvalue weighted by atomic mass is 32.2. The van der Waals surface area contributed by atoms with Crippen LogP contribution in [0.1, 0.15) is 22.7 Å². The number of benzene rings is 1. The molecular formula is C20H18F3N5O2S. The summed E-state index contributed by atoms with van der Waals surface area (Å²) in [6.45, 7) is 2.14. The molecule has 31 heavy (non-hydrogen) atoms. The lowest BCUT2D eigenvalue weighted by Gasteiger charge is -2.04. The molecule has 4 rings (SSSR count). The minimum atomic E-state index is -4.70. The van der Waals surface area contributed by atoms with Crippen LogP contribution in [0.3, 0.4) is 0 Å². The number of hydrogen-bond acceptors (Lipinski definition) is 6. The van der Waals surface area contributed by atoms with E-state index in [0.29, 0.717) is 22.7 Å². The van der Waals surface area contributed by atoms with Crippen molar-refractivity contribution in [2.75, 3.05) is 6.26 Å². The molecule has 11 heteroatoms. The summed E-state index contributed by atoms with van der Waals surface area (Å²) >= 11 is 0. The first kappa shape index (κ1) is 21.0. The molecule has 1 unspecified atom stereocenters. The van der Waals surface area contributed by atoms with Gasteiger partial charge in [0.2, 0.25) is 5.82 Å². The lowest BCUT2D eigenvalue weighted by atomic mass is 10.2. The molecule has 0 aliphatic rings. The molecule has 4 aromatic rings. The predicted molar refractivity (Wildman–Crippen MR) is 109 cm³/mol. The van der Waals surface area contributed by atoms with Crippen LogP contribution in [-0.4, -0.2) is 30.0 Å². The highest BCUT2D eigenvalue weighted by Crippen LogP contribution is 2.29. The number of aryl methyl sites for hydroxylation is 1. The second-order valence-electron chi connectivity index (χ2n) is 7.21. The summed E-state index contributed by atoms with van der Waals surface area (Å²) in [6.07, 6.45) is 0.126. The summed E-state index contributed by atoms with van der Waals surface area (Å²) < 4.78 is 61.1. The molecule has 0 fully saturated rings.